The molecule has 1 aromatic heterocycles. The smallest absolute Gasteiger partial charge is 0.311 e. The van der Waals surface area contributed by atoms with E-state index in [2.05, 4.69) is 0 Å². The third kappa shape index (κ3) is 3.04. The summed E-state index contributed by atoms with van der Waals surface area (Å²) >= 11 is 1.51. The van der Waals surface area contributed by atoms with Crippen LogP contribution in [0.5, 0.6) is 0 Å². The van der Waals surface area contributed by atoms with Crippen molar-refractivity contribution in [3.8, 4) is 0 Å². The Balaban J connectivity index is 1.62. The number of amides is 1. The number of para-hydroxylation sites is 1. The van der Waals surface area contributed by atoms with E-state index < -0.39 is 6.10 Å². The van der Waals surface area contributed by atoms with Crippen molar-refractivity contribution in [2.75, 3.05) is 11.4 Å². The minimum Gasteiger partial charge on any atom is -0.452 e. The number of fused-ring (bicyclic) bond motifs is 1. The van der Waals surface area contributed by atoms with Crippen LogP contribution >= 0.6 is 11.3 Å². The molecule has 0 spiro atoms. The summed E-state index contributed by atoms with van der Waals surface area (Å²) in [6.07, 6.45) is 0.294. The van der Waals surface area contributed by atoms with Gasteiger partial charge in [-0.3, -0.25) is 9.59 Å². The number of esters is 1. The van der Waals surface area contributed by atoms with E-state index in [1.165, 1.54) is 11.3 Å². The molecule has 5 heteroatoms. The van der Waals surface area contributed by atoms with Crippen molar-refractivity contribution in [2.45, 2.75) is 25.9 Å². The molecule has 114 valence electrons. The van der Waals surface area contributed by atoms with E-state index in [0.717, 1.165) is 22.5 Å². The van der Waals surface area contributed by atoms with Crippen LogP contribution in [0, 0.1) is 0 Å². The average Bonchev–Trinajstić information content (AvgIpc) is 3.15. The number of ether oxygens (including phenoxy) is 1. The van der Waals surface area contributed by atoms with Gasteiger partial charge < -0.3 is 9.64 Å². The van der Waals surface area contributed by atoms with Gasteiger partial charge in [-0.05, 0) is 36.4 Å². The molecule has 1 aliphatic rings. The summed E-state index contributed by atoms with van der Waals surface area (Å²) in [6, 6.07) is 11.6. The summed E-state index contributed by atoms with van der Waals surface area (Å²) in [5, 5.41) is 1.92. The summed E-state index contributed by atoms with van der Waals surface area (Å²) in [7, 11) is 0. The van der Waals surface area contributed by atoms with E-state index in [1.54, 1.807) is 11.8 Å². The lowest BCUT2D eigenvalue weighted by Crippen LogP contribution is -2.39. The first-order chi connectivity index (χ1) is 10.6. The van der Waals surface area contributed by atoms with Crippen LogP contribution in [0.1, 0.15) is 17.4 Å². The predicted octanol–water partition coefficient (Wildman–Crippen LogP) is 2.81. The lowest BCUT2D eigenvalue weighted by Gasteiger charge is -2.21. The van der Waals surface area contributed by atoms with Crippen LogP contribution in [-0.4, -0.2) is 24.5 Å². The molecule has 22 heavy (non-hydrogen) atoms. The summed E-state index contributed by atoms with van der Waals surface area (Å²) in [5.74, 6) is -0.528. The molecule has 1 aromatic carbocycles. The van der Waals surface area contributed by atoms with Crippen molar-refractivity contribution in [1.29, 1.82) is 0 Å². The quantitative estimate of drug-likeness (QED) is 0.815. The molecular weight excluding hydrogens is 298 g/mol. The molecule has 0 saturated heterocycles. The van der Waals surface area contributed by atoms with E-state index in [4.69, 9.17) is 4.74 Å². The Hall–Kier alpha value is -2.14. The van der Waals surface area contributed by atoms with Crippen molar-refractivity contribution in [3.63, 3.8) is 0 Å². The number of anilines is 1. The summed E-state index contributed by atoms with van der Waals surface area (Å²) in [5.41, 5.74) is 2.08. The van der Waals surface area contributed by atoms with E-state index in [-0.39, 0.29) is 18.3 Å². The number of hydrogen-bond donors (Lipinski definition) is 0. The number of carbonyl (C=O) groups excluding carboxylic acids is 2. The maximum absolute atomic E-state index is 12.5. The molecule has 3 rings (SSSR count). The highest BCUT2D eigenvalue weighted by molar-refractivity contribution is 7.10. The van der Waals surface area contributed by atoms with Gasteiger partial charge >= 0.3 is 5.97 Å². The molecule has 0 aliphatic carbocycles. The normalized spacial score (nSPS) is 14.5. The van der Waals surface area contributed by atoms with Gasteiger partial charge in [-0.15, -0.1) is 11.3 Å². The minimum absolute atomic E-state index is 0.163. The molecule has 2 aromatic rings. The monoisotopic (exact) mass is 315 g/mol. The SMILES string of the molecule is C[C@@H](OC(=O)Cc1cccs1)C(=O)N1CCc2ccccc21. The third-order valence-corrected chi connectivity index (χ3v) is 4.58. The van der Waals surface area contributed by atoms with Crippen LogP contribution in [0.4, 0.5) is 5.69 Å². The zero-order valence-electron chi connectivity index (χ0n) is 12.3. The van der Waals surface area contributed by atoms with Crippen LogP contribution < -0.4 is 4.90 Å². The molecule has 2 heterocycles. The number of carbonyl (C=O) groups is 2. The molecule has 1 aliphatic heterocycles. The summed E-state index contributed by atoms with van der Waals surface area (Å²) in [6.45, 7) is 2.28. The Kier molecular flexibility index (Phi) is 4.24. The van der Waals surface area contributed by atoms with E-state index in [0.29, 0.717) is 6.54 Å². The second-order valence-corrected chi connectivity index (χ2v) is 6.29. The summed E-state index contributed by atoms with van der Waals surface area (Å²) in [4.78, 5) is 27.0. The Morgan fingerprint density at radius 2 is 2.09 bits per heavy atom. The van der Waals surface area contributed by atoms with E-state index >= 15 is 0 Å². The first kappa shape index (κ1) is 14.8. The second-order valence-electron chi connectivity index (χ2n) is 5.26. The van der Waals surface area contributed by atoms with Gasteiger partial charge in [-0.1, -0.05) is 24.3 Å². The molecule has 0 radical (unpaired) electrons. The molecule has 0 fully saturated rings. The number of thiophene rings is 1. The van der Waals surface area contributed by atoms with E-state index in [9.17, 15) is 9.59 Å². The van der Waals surface area contributed by atoms with Crippen LogP contribution in [0.2, 0.25) is 0 Å². The molecule has 0 N–H and O–H groups in total. The second kappa shape index (κ2) is 6.32. The van der Waals surface area contributed by atoms with Crippen LogP contribution in [0.3, 0.4) is 0 Å². The van der Waals surface area contributed by atoms with Gasteiger partial charge in [0.25, 0.3) is 5.91 Å². The maximum atomic E-state index is 12.5. The molecule has 4 nitrogen and oxygen atoms in total. The number of rotatable bonds is 4. The number of hydrogen-bond acceptors (Lipinski definition) is 4. The fourth-order valence-corrected chi connectivity index (χ4v) is 3.32. The van der Waals surface area contributed by atoms with Crippen molar-refractivity contribution in [2.24, 2.45) is 0 Å². The molecule has 0 bridgehead atoms. The zero-order valence-corrected chi connectivity index (χ0v) is 13.1. The summed E-state index contributed by atoms with van der Waals surface area (Å²) < 4.78 is 5.29. The van der Waals surface area contributed by atoms with Gasteiger partial charge in [0, 0.05) is 17.1 Å². The fourth-order valence-electron chi connectivity index (χ4n) is 2.63. The molecule has 1 atom stereocenters. The van der Waals surface area contributed by atoms with Crippen molar-refractivity contribution in [3.05, 3.63) is 52.2 Å². The Labute approximate surface area is 133 Å². The largest absolute Gasteiger partial charge is 0.452 e. The van der Waals surface area contributed by atoms with Gasteiger partial charge in [-0.25, -0.2) is 0 Å². The molecule has 0 saturated carbocycles. The molecule has 1 amide bonds. The number of benzene rings is 1. The number of nitrogens with zero attached hydrogens (tertiary/aromatic N) is 1. The molecular formula is C17H17NO3S. The van der Waals surface area contributed by atoms with Gasteiger partial charge in [0.15, 0.2) is 6.10 Å². The van der Waals surface area contributed by atoms with Crippen molar-refractivity contribution < 1.29 is 14.3 Å². The first-order valence-electron chi connectivity index (χ1n) is 7.26. The zero-order chi connectivity index (χ0) is 15.5. The van der Waals surface area contributed by atoms with Gasteiger partial charge in [0.05, 0.1) is 6.42 Å². The lowest BCUT2D eigenvalue weighted by atomic mass is 10.2. The highest BCUT2D eigenvalue weighted by Crippen LogP contribution is 2.28. The Morgan fingerprint density at radius 3 is 2.86 bits per heavy atom. The predicted molar refractivity (Wildman–Crippen MR) is 86.1 cm³/mol. The third-order valence-electron chi connectivity index (χ3n) is 3.71. The highest BCUT2D eigenvalue weighted by Gasteiger charge is 2.29. The maximum Gasteiger partial charge on any atom is 0.311 e. The van der Waals surface area contributed by atoms with Crippen LogP contribution in [-0.2, 0) is 27.2 Å². The fraction of sp³-hybridized carbons (Fsp3) is 0.294. The topological polar surface area (TPSA) is 46.6 Å². The average molecular weight is 315 g/mol. The van der Waals surface area contributed by atoms with Gasteiger partial charge in [-0.2, -0.15) is 0 Å². The van der Waals surface area contributed by atoms with Crippen LogP contribution in [0.25, 0.3) is 0 Å². The minimum atomic E-state index is -0.765. The van der Waals surface area contributed by atoms with Crippen molar-refractivity contribution in [1.82, 2.24) is 0 Å². The standard InChI is InChI=1S/C17H17NO3S/c1-12(21-16(19)11-14-6-4-10-22-14)17(20)18-9-8-13-5-2-3-7-15(13)18/h2-7,10,12H,8-9,11H2,1H3/t12-/m1/s1. The molecule has 0 unspecified atom stereocenters. The van der Waals surface area contributed by atoms with E-state index in [1.807, 2.05) is 41.8 Å². The van der Waals surface area contributed by atoms with Crippen LogP contribution in [0.15, 0.2) is 41.8 Å². The lowest BCUT2D eigenvalue weighted by molar-refractivity contribution is -0.153. The highest BCUT2D eigenvalue weighted by atomic mass is 32.1. The van der Waals surface area contributed by atoms with Crippen molar-refractivity contribution >= 4 is 28.9 Å². The Morgan fingerprint density at radius 1 is 1.27 bits per heavy atom. The first-order valence-corrected chi connectivity index (χ1v) is 8.14. The Bertz CT molecular complexity index is 681. The van der Waals surface area contributed by atoms with Gasteiger partial charge in [0.1, 0.15) is 0 Å². The van der Waals surface area contributed by atoms with Gasteiger partial charge in [0.2, 0.25) is 0 Å².